The highest BCUT2D eigenvalue weighted by molar-refractivity contribution is 9.10. The van der Waals surface area contributed by atoms with E-state index in [-0.39, 0.29) is 5.91 Å². The van der Waals surface area contributed by atoms with E-state index in [1.54, 1.807) is 26.0 Å². The van der Waals surface area contributed by atoms with Crippen molar-refractivity contribution in [2.24, 2.45) is 0 Å². The Labute approximate surface area is 115 Å². The molecule has 0 spiro atoms. The molecule has 2 atom stereocenters. The maximum Gasteiger partial charge on any atom is 0.260 e. The number of benzene rings is 1. The van der Waals surface area contributed by atoms with Crippen LogP contribution in [0.25, 0.3) is 0 Å². The molecular formula is C13H18BrNO3. The van der Waals surface area contributed by atoms with Crippen molar-refractivity contribution < 1.29 is 14.6 Å². The van der Waals surface area contributed by atoms with Crippen LogP contribution in [0.5, 0.6) is 5.75 Å². The van der Waals surface area contributed by atoms with E-state index >= 15 is 0 Å². The molecule has 1 rings (SSSR count). The fourth-order valence-electron chi connectivity index (χ4n) is 1.52. The quantitative estimate of drug-likeness (QED) is 0.877. The minimum Gasteiger partial charge on any atom is -0.481 e. The Balaban J connectivity index is 2.87. The molecule has 0 aliphatic rings. The van der Waals surface area contributed by atoms with Gasteiger partial charge in [0.1, 0.15) is 5.75 Å². The van der Waals surface area contributed by atoms with Crippen LogP contribution >= 0.6 is 15.9 Å². The topological polar surface area (TPSA) is 58.6 Å². The van der Waals surface area contributed by atoms with Crippen molar-refractivity contribution in [3.8, 4) is 5.75 Å². The predicted molar refractivity (Wildman–Crippen MR) is 73.5 cm³/mol. The summed E-state index contributed by atoms with van der Waals surface area (Å²) < 4.78 is 6.44. The summed E-state index contributed by atoms with van der Waals surface area (Å²) in [6.07, 6.45) is -1.25. The second kappa shape index (κ2) is 6.75. The molecular weight excluding hydrogens is 298 g/mol. The van der Waals surface area contributed by atoms with Gasteiger partial charge in [-0.15, -0.1) is 0 Å². The zero-order chi connectivity index (χ0) is 13.7. The summed E-state index contributed by atoms with van der Waals surface area (Å²) in [4.78, 5) is 11.6. The molecule has 1 amide bonds. The number of ether oxygens (including phenoxy) is 1. The van der Waals surface area contributed by atoms with E-state index in [0.717, 1.165) is 4.47 Å². The third kappa shape index (κ3) is 3.99. The average molecular weight is 316 g/mol. The number of carbonyl (C=O) groups is 1. The van der Waals surface area contributed by atoms with E-state index in [4.69, 9.17) is 4.74 Å². The molecule has 0 bridgehead atoms. The molecule has 0 aliphatic heterocycles. The number of hydrogen-bond donors (Lipinski definition) is 2. The molecule has 0 fully saturated rings. The van der Waals surface area contributed by atoms with Crippen molar-refractivity contribution in [2.45, 2.75) is 33.0 Å². The molecule has 0 aromatic heterocycles. The lowest BCUT2D eigenvalue weighted by Crippen LogP contribution is -2.36. The van der Waals surface area contributed by atoms with Gasteiger partial charge in [-0.05, 0) is 39.0 Å². The van der Waals surface area contributed by atoms with E-state index in [9.17, 15) is 9.90 Å². The number of nitrogens with one attached hydrogen (secondary N) is 1. The Kier molecular flexibility index (Phi) is 5.62. The molecule has 1 aromatic carbocycles. The second-order valence-electron chi connectivity index (χ2n) is 4.01. The summed E-state index contributed by atoms with van der Waals surface area (Å²) in [5, 5.41) is 12.4. The molecule has 18 heavy (non-hydrogen) atoms. The number of aliphatic hydroxyl groups excluding tert-OH is 1. The number of likely N-dealkylation sites (N-methyl/N-ethyl adjacent to an activating group) is 1. The highest BCUT2D eigenvalue weighted by Crippen LogP contribution is 2.29. The Hall–Kier alpha value is -1.07. The molecule has 0 saturated carbocycles. The predicted octanol–water partition coefficient (Wildman–Crippen LogP) is 2.41. The van der Waals surface area contributed by atoms with E-state index in [2.05, 4.69) is 21.2 Å². The lowest BCUT2D eigenvalue weighted by Gasteiger charge is -2.18. The summed E-state index contributed by atoms with van der Waals surface area (Å²) in [7, 11) is 0. The Morgan fingerprint density at radius 2 is 2.17 bits per heavy atom. The van der Waals surface area contributed by atoms with Crippen LogP contribution in [0.2, 0.25) is 0 Å². The summed E-state index contributed by atoms with van der Waals surface area (Å²) >= 11 is 3.34. The zero-order valence-electron chi connectivity index (χ0n) is 10.7. The standard InChI is InChI=1S/C13H18BrNO3/c1-4-15-13(17)9(3)18-12-6-5-10(14)7-11(12)8(2)16/h5-9,16H,4H2,1-3H3,(H,15,17)/t8-,9?/m0/s1. The number of aliphatic hydroxyl groups is 1. The van der Waals surface area contributed by atoms with Gasteiger partial charge in [-0.2, -0.15) is 0 Å². The van der Waals surface area contributed by atoms with Crippen LogP contribution in [0.3, 0.4) is 0 Å². The van der Waals surface area contributed by atoms with Gasteiger partial charge in [-0.1, -0.05) is 15.9 Å². The maximum atomic E-state index is 11.6. The third-order valence-corrected chi connectivity index (χ3v) is 2.94. The van der Waals surface area contributed by atoms with E-state index in [1.807, 2.05) is 13.0 Å². The molecule has 1 aromatic rings. The first kappa shape index (κ1) is 15.0. The van der Waals surface area contributed by atoms with Crippen LogP contribution in [0.4, 0.5) is 0 Å². The van der Waals surface area contributed by atoms with Crippen molar-refractivity contribution in [2.75, 3.05) is 6.54 Å². The summed E-state index contributed by atoms with van der Waals surface area (Å²) in [5.41, 5.74) is 0.653. The minimum atomic E-state index is -0.654. The lowest BCUT2D eigenvalue weighted by atomic mass is 10.1. The fourth-order valence-corrected chi connectivity index (χ4v) is 1.89. The van der Waals surface area contributed by atoms with Gasteiger partial charge in [0.05, 0.1) is 6.10 Å². The van der Waals surface area contributed by atoms with Crippen molar-refractivity contribution in [3.63, 3.8) is 0 Å². The maximum absolute atomic E-state index is 11.6. The first-order valence-corrected chi connectivity index (χ1v) is 6.66. The highest BCUT2D eigenvalue weighted by Gasteiger charge is 2.17. The van der Waals surface area contributed by atoms with Crippen LogP contribution < -0.4 is 10.1 Å². The largest absolute Gasteiger partial charge is 0.481 e. The molecule has 1 unspecified atom stereocenters. The van der Waals surface area contributed by atoms with E-state index < -0.39 is 12.2 Å². The number of halogens is 1. The number of rotatable bonds is 5. The molecule has 0 aliphatic carbocycles. The van der Waals surface area contributed by atoms with Crippen molar-refractivity contribution in [3.05, 3.63) is 28.2 Å². The van der Waals surface area contributed by atoms with Crippen LogP contribution in [-0.4, -0.2) is 23.7 Å². The van der Waals surface area contributed by atoms with E-state index in [1.165, 1.54) is 0 Å². The van der Waals surface area contributed by atoms with Gasteiger partial charge >= 0.3 is 0 Å². The Bertz CT molecular complexity index is 421. The van der Waals surface area contributed by atoms with Crippen LogP contribution in [-0.2, 0) is 4.79 Å². The van der Waals surface area contributed by atoms with Gasteiger partial charge in [0.15, 0.2) is 6.10 Å². The lowest BCUT2D eigenvalue weighted by molar-refractivity contribution is -0.127. The molecule has 100 valence electrons. The molecule has 5 heteroatoms. The zero-order valence-corrected chi connectivity index (χ0v) is 12.3. The number of carbonyl (C=O) groups excluding carboxylic acids is 1. The Morgan fingerprint density at radius 1 is 1.50 bits per heavy atom. The van der Waals surface area contributed by atoms with Crippen molar-refractivity contribution in [1.82, 2.24) is 5.32 Å². The number of hydrogen-bond acceptors (Lipinski definition) is 3. The fraction of sp³-hybridized carbons (Fsp3) is 0.462. The number of amides is 1. The summed E-state index contributed by atoms with van der Waals surface area (Å²) in [6.45, 7) is 5.76. The normalized spacial score (nSPS) is 13.8. The Morgan fingerprint density at radius 3 is 2.72 bits per heavy atom. The van der Waals surface area contributed by atoms with Crippen LogP contribution in [0, 0.1) is 0 Å². The molecule has 4 nitrogen and oxygen atoms in total. The minimum absolute atomic E-state index is 0.169. The van der Waals surface area contributed by atoms with Crippen molar-refractivity contribution in [1.29, 1.82) is 0 Å². The summed E-state index contributed by atoms with van der Waals surface area (Å²) in [6, 6.07) is 5.33. The van der Waals surface area contributed by atoms with Crippen LogP contribution in [0.15, 0.2) is 22.7 Å². The van der Waals surface area contributed by atoms with Gasteiger partial charge < -0.3 is 15.2 Å². The highest BCUT2D eigenvalue weighted by atomic mass is 79.9. The molecule has 2 N–H and O–H groups in total. The van der Waals surface area contributed by atoms with Gasteiger partial charge in [0.2, 0.25) is 0 Å². The monoisotopic (exact) mass is 315 g/mol. The van der Waals surface area contributed by atoms with Crippen molar-refractivity contribution >= 4 is 21.8 Å². The third-order valence-electron chi connectivity index (χ3n) is 2.45. The van der Waals surface area contributed by atoms with Gasteiger partial charge in [0.25, 0.3) is 5.91 Å². The smallest absolute Gasteiger partial charge is 0.260 e. The van der Waals surface area contributed by atoms with Crippen LogP contribution in [0.1, 0.15) is 32.4 Å². The summed E-state index contributed by atoms with van der Waals surface area (Å²) in [5.74, 6) is 0.351. The molecule has 0 heterocycles. The second-order valence-corrected chi connectivity index (χ2v) is 4.93. The van der Waals surface area contributed by atoms with Gasteiger partial charge in [-0.3, -0.25) is 4.79 Å². The molecule has 0 radical (unpaired) electrons. The molecule has 0 saturated heterocycles. The SMILES string of the molecule is CCNC(=O)C(C)Oc1ccc(Br)cc1[C@H](C)O. The van der Waals surface area contributed by atoms with Gasteiger partial charge in [-0.25, -0.2) is 0 Å². The average Bonchev–Trinajstić information content (AvgIpc) is 2.31. The first-order valence-electron chi connectivity index (χ1n) is 5.87. The first-order chi connectivity index (χ1) is 8.45. The van der Waals surface area contributed by atoms with Gasteiger partial charge in [0, 0.05) is 16.6 Å². The van der Waals surface area contributed by atoms with E-state index in [0.29, 0.717) is 17.9 Å².